The van der Waals surface area contributed by atoms with E-state index in [1.54, 1.807) is 0 Å². The summed E-state index contributed by atoms with van der Waals surface area (Å²) in [5.41, 5.74) is 7.24. The molecular weight excluding hydrogens is 282 g/mol. The molecule has 0 amide bonds. The number of likely N-dealkylation sites (tertiary alicyclic amines) is 2. The fourth-order valence-electron chi connectivity index (χ4n) is 3.85. The monoisotopic (exact) mass is 307 g/mol. The van der Waals surface area contributed by atoms with Crippen molar-refractivity contribution in [3.05, 3.63) is 34.9 Å². The van der Waals surface area contributed by atoms with Gasteiger partial charge in [-0.1, -0.05) is 36.2 Å². The van der Waals surface area contributed by atoms with Crippen LogP contribution in [0, 0.1) is 0 Å². The van der Waals surface area contributed by atoms with Crippen LogP contribution < -0.4 is 5.73 Å². The van der Waals surface area contributed by atoms with Crippen LogP contribution in [0.25, 0.3) is 0 Å². The molecule has 2 unspecified atom stereocenters. The van der Waals surface area contributed by atoms with Gasteiger partial charge in [0, 0.05) is 36.7 Å². The van der Waals surface area contributed by atoms with Crippen molar-refractivity contribution in [2.75, 3.05) is 32.7 Å². The zero-order valence-electron chi connectivity index (χ0n) is 12.7. The fourth-order valence-corrected chi connectivity index (χ4v) is 4.11. The van der Waals surface area contributed by atoms with Gasteiger partial charge >= 0.3 is 0 Å². The smallest absolute Gasteiger partial charge is 0.0485 e. The highest BCUT2D eigenvalue weighted by atomic mass is 35.5. The van der Waals surface area contributed by atoms with Crippen molar-refractivity contribution in [3.8, 4) is 0 Å². The second-order valence-corrected chi connectivity index (χ2v) is 6.71. The summed E-state index contributed by atoms with van der Waals surface area (Å²) in [5.74, 6) is 0. The molecular formula is C17H26ClN3. The summed E-state index contributed by atoms with van der Waals surface area (Å²) in [4.78, 5) is 5.21. The summed E-state index contributed by atoms with van der Waals surface area (Å²) >= 11 is 6.37. The molecule has 0 aromatic heterocycles. The van der Waals surface area contributed by atoms with Crippen molar-refractivity contribution >= 4 is 11.6 Å². The number of halogens is 1. The lowest BCUT2D eigenvalue weighted by Crippen LogP contribution is -2.42. The number of benzene rings is 1. The van der Waals surface area contributed by atoms with Crippen LogP contribution in [-0.2, 0) is 0 Å². The molecule has 2 heterocycles. The molecule has 3 nitrogen and oxygen atoms in total. The lowest BCUT2D eigenvalue weighted by molar-refractivity contribution is 0.153. The first kappa shape index (κ1) is 15.3. The summed E-state index contributed by atoms with van der Waals surface area (Å²) in [6, 6.07) is 9.10. The lowest BCUT2D eigenvalue weighted by atomic mass is 10.1. The van der Waals surface area contributed by atoms with Gasteiger partial charge in [-0.25, -0.2) is 0 Å². The van der Waals surface area contributed by atoms with Crippen molar-refractivity contribution in [1.82, 2.24) is 9.80 Å². The number of hydrogen-bond acceptors (Lipinski definition) is 3. The van der Waals surface area contributed by atoms with Crippen LogP contribution in [0.1, 0.15) is 37.3 Å². The fraction of sp³-hybridized carbons (Fsp3) is 0.647. The van der Waals surface area contributed by atoms with Gasteiger partial charge in [0.25, 0.3) is 0 Å². The Morgan fingerprint density at radius 3 is 2.62 bits per heavy atom. The standard InChI is InChI=1S/C17H26ClN3/c18-16-7-3-2-6-15(16)17(12-19)21-11-8-14(13-21)20-9-4-1-5-10-20/h2-3,6-7,14,17H,1,4-5,8-13,19H2. The van der Waals surface area contributed by atoms with Gasteiger partial charge in [0.05, 0.1) is 0 Å². The van der Waals surface area contributed by atoms with Gasteiger partial charge in [-0.2, -0.15) is 0 Å². The van der Waals surface area contributed by atoms with Gasteiger partial charge < -0.3 is 5.73 Å². The summed E-state index contributed by atoms with van der Waals surface area (Å²) in [6.45, 7) is 5.45. The lowest BCUT2D eigenvalue weighted by Gasteiger charge is -2.33. The highest BCUT2D eigenvalue weighted by Gasteiger charge is 2.32. The van der Waals surface area contributed by atoms with Crippen LogP contribution in [0.5, 0.6) is 0 Å². The highest BCUT2D eigenvalue weighted by molar-refractivity contribution is 6.31. The molecule has 0 radical (unpaired) electrons. The number of piperidine rings is 1. The van der Waals surface area contributed by atoms with Crippen LogP contribution in [0.4, 0.5) is 0 Å². The first-order chi connectivity index (χ1) is 10.3. The molecule has 0 spiro atoms. The van der Waals surface area contributed by atoms with Gasteiger partial charge in [0.1, 0.15) is 0 Å². The molecule has 0 aliphatic carbocycles. The van der Waals surface area contributed by atoms with Gasteiger partial charge in [-0.05, 0) is 44.0 Å². The molecule has 116 valence electrons. The van der Waals surface area contributed by atoms with Crippen molar-refractivity contribution < 1.29 is 0 Å². The van der Waals surface area contributed by atoms with Crippen LogP contribution in [-0.4, -0.2) is 48.6 Å². The minimum absolute atomic E-state index is 0.258. The molecule has 2 fully saturated rings. The van der Waals surface area contributed by atoms with E-state index in [0.717, 1.165) is 18.1 Å². The van der Waals surface area contributed by atoms with E-state index in [2.05, 4.69) is 21.9 Å². The molecule has 2 saturated heterocycles. The first-order valence-electron chi connectivity index (χ1n) is 8.22. The Morgan fingerprint density at radius 2 is 1.90 bits per heavy atom. The van der Waals surface area contributed by atoms with Gasteiger partial charge in [0.2, 0.25) is 0 Å². The number of nitrogens with zero attached hydrogens (tertiary/aromatic N) is 2. The van der Waals surface area contributed by atoms with E-state index in [9.17, 15) is 0 Å². The van der Waals surface area contributed by atoms with E-state index in [-0.39, 0.29) is 6.04 Å². The molecule has 3 rings (SSSR count). The van der Waals surface area contributed by atoms with Crippen LogP contribution in [0.3, 0.4) is 0 Å². The van der Waals surface area contributed by atoms with Gasteiger partial charge in [-0.15, -0.1) is 0 Å². The van der Waals surface area contributed by atoms with Crippen molar-refractivity contribution in [1.29, 1.82) is 0 Å². The van der Waals surface area contributed by atoms with E-state index in [4.69, 9.17) is 17.3 Å². The Labute approximate surface area is 133 Å². The average Bonchev–Trinajstić information content (AvgIpc) is 3.00. The maximum atomic E-state index is 6.37. The molecule has 21 heavy (non-hydrogen) atoms. The predicted molar refractivity (Wildman–Crippen MR) is 88.6 cm³/mol. The maximum absolute atomic E-state index is 6.37. The first-order valence-corrected chi connectivity index (χ1v) is 8.60. The molecule has 0 bridgehead atoms. The molecule has 2 atom stereocenters. The Hall–Kier alpha value is -0.610. The van der Waals surface area contributed by atoms with E-state index in [1.165, 1.54) is 44.3 Å². The molecule has 4 heteroatoms. The topological polar surface area (TPSA) is 32.5 Å². The Kier molecular flexibility index (Phi) is 5.17. The quantitative estimate of drug-likeness (QED) is 0.928. The summed E-state index contributed by atoms with van der Waals surface area (Å²) in [7, 11) is 0. The SMILES string of the molecule is NCC(c1ccccc1Cl)N1CCC(N2CCCCC2)C1. The number of rotatable bonds is 4. The van der Waals surface area contributed by atoms with E-state index in [0.29, 0.717) is 12.6 Å². The third-order valence-corrected chi connectivity index (χ3v) is 5.37. The highest BCUT2D eigenvalue weighted by Crippen LogP contribution is 2.31. The van der Waals surface area contributed by atoms with Gasteiger partial charge in [0.15, 0.2) is 0 Å². The van der Waals surface area contributed by atoms with Crippen molar-refractivity contribution in [2.24, 2.45) is 5.73 Å². The molecule has 2 aliphatic rings. The molecule has 1 aromatic rings. The van der Waals surface area contributed by atoms with Crippen molar-refractivity contribution in [3.63, 3.8) is 0 Å². The largest absolute Gasteiger partial charge is 0.329 e. The summed E-state index contributed by atoms with van der Waals surface area (Å²) < 4.78 is 0. The van der Waals surface area contributed by atoms with Crippen LogP contribution >= 0.6 is 11.6 Å². The second-order valence-electron chi connectivity index (χ2n) is 6.31. The Balaban J connectivity index is 1.67. The molecule has 1 aromatic carbocycles. The summed E-state index contributed by atoms with van der Waals surface area (Å²) in [6.07, 6.45) is 5.39. The van der Waals surface area contributed by atoms with E-state index in [1.807, 2.05) is 12.1 Å². The van der Waals surface area contributed by atoms with E-state index < -0.39 is 0 Å². The minimum Gasteiger partial charge on any atom is -0.329 e. The maximum Gasteiger partial charge on any atom is 0.0485 e. The Bertz CT molecular complexity index is 459. The van der Waals surface area contributed by atoms with Crippen LogP contribution in [0.15, 0.2) is 24.3 Å². The van der Waals surface area contributed by atoms with Gasteiger partial charge in [-0.3, -0.25) is 9.80 Å². The minimum atomic E-state index is 0.258. The van der Waals surface area contributed by atoms with Crippen molar-refractivity contribution in [2.45, 2.75) is 37.8 Å². The predicted octanol–water partition coefficient (Wildman–Crippen LogP) is 2.90. The number of nitrogens with two attached hydrogens (primary N) is 1. The molecule has 2 aliphatic heterocycles. The average molecular weight is 308 g/mol. The number of hydrogen-bond donors (Lipinski definition) is 1. The second kappa shape index (κ2) is 7.10. The Morgan fingerprint density at radius 1 is 1.14 bits per heavy atom. The molecule has 0 saturated carbocycles. The normalized spacial score (nSPS) is 26.1. The third kappa shape index (κ3) is 3.42. The van der Waals surface area contributed by atoms with Crippen LogP contribution in [0.2, 0.25) is 5.02 Å². The summed E-state index contributed by atoms with van der Waals surface area (Å²) in [5, 5.41) is 0.842. The zero-order valence-corrected chi connectivity index (χ0v) is 13.4. The zero-order chi connectivity index (χ0) is 14.7. The molecule has 2 N–H and O–H groups in total. The third-order valence-electron chi connectivity index (χ3n) is 5.03. The van der Waals surface area contributed by atoms with E-state index >= 15 is 0 Å².